The summed E-state index contributed by atoms with van der Waals surface area (Å²) in [5.41, 5.74) is -0.968. The maximum Gasteiger partial charge on any atom is 0.295 e. The van der Waals surface area contributed by atoms with E-state index >= 15 is 0 Å². The SMILES string of the molecule is COc1cccc(COn2cccc(C(=O)Nc3c(F)cccc3F)c2=O)c1. The number of ether oxygens (including phenoxy) is 1. The van der Waals surface area contributed by atoms with Gasteiger partial charge in [-0.2, -0.15) is 4.73 Å². The lowest BCUT2D eigenvalue weighted by Gasteiger charge is -2.11. The number of carbonyl (C=O) groups is 1. The predicted octanol–water partition coefficient (Wildman–Crippen LogP) is 3.02. The second-order valence-corrected chi connectivity index (χ2v) is 5.73. The molecule has 1 heterocycles. The Morgan fingerprint density at radius 3 is 2.50 bits per heavy atom. The summed E-state index contributed by atoms with van der Waals surface area (Å²) in [4.78, 5) is 30.2. The summed E-state index contributed by atoms with van der Waals surface area (Å²) < 4.78 is 33.4. The first-order valence-electron chi connectivity index (χ1n) is 8.23. The Balaban J connectivity index is 1.78. The molecule has 0 fully saturated rings. The van der Waals surface area contributed by atoms with Crippen LogP contribution < -0.4 is 20.5 Å². The molecular formula is C20H16F2N2O4. The van der Waals surface area contributed by atoms with E-state index < -0.39 is 28.8 Å². The van der Waals surface area contributed by atoms with E-state index in [9.17, 15) is 18.4 Å². The number of halogens is 2. The number of amides is 1. The fourth-order valence-corrected chi connectivity index (χ4v) is 2.45. The van der Waals surface area contributed by atoms with Crippen molar-refractivity contribution in [3.8, 4) is 5.75 Å². The second-order valence-electron chi connectivity index (χ2n) is 5.73. The number of pyridine rings is 1. The molecule has 0 atom stereocenters. The average Bonchev–Trinajstić information content (AvgIpc) is 2.70. The highest BCUT2D eigenvalue weighted by Gasteiger charge is 2.17. The Hall–Kier alpha value is -3.68. The normalized spacial score (nSPS) is 10.4. The minimum absolute atomic E-state index is 0.0458. The van der Waals surface area contributed by atoms with Crippen LogP contribution in [0.25, 0.3) is 0 Å². The van der Waals surface area contributed by atoms with E-state index in [2.05, 4.69) is 5.32 Å². The molecule has 1 amide bonds. The third-order valence-electron chi connectivity index (χ3n) is 3.87. The molecule has 3 rings (SSSR count). The van der Waals surface area contributed by atoms with Crippen molar-refractivity contribution in [1.29, 1.82) is 0 Å². The van der Waals surface area contributed by atoms with Crippen LogP contribution in [0.4, 0.5) is 14.5 Å². The van der Waals surface area contributed by atoms with Gasteiger partial charge >= 0.3 is 0 Å². The first-order valence-corrected chi connectivity index (χ1v) is 8.23. The quantitative estimate of drug-likeness (QED) is 0.707. The van der Waals surface area contributed by atoms with Gasteiger partial charge in [0.2, 0.25) is 0 Å². The van der Waals surface area contributed by atoms with Crippen molar-refractivity contribution in [3.05, 3.63) is 93.9 Å². The van der Waals surface area contributed by atoms with E-state index in [1.54, 1.807) is 24.3 Å². The molecule has 0 aliphatic heterocycles. The molecule has 0 aliphatic carbocycles. The van der Waals surface area contributed by atoms with Crippen LogP contribution >= 0.6 is 0 Å². The molecular weight excluding hydrogens is 370 g/mol. The number of para-hydroxylation sites is 1. The third kappa shape index (κ3) is 4.17. The maximum atomic E-state index is 13.7. The second kappa shape index (κ2) is 8.34. The van der Waals surface area contributed by atoms with Gasteiger partial charge in [0.15, 0.2) is 0 Å². The zero-order valence-corrected chi connectivity index (χ0v) is 14.8. The van der Waals surface area contributed by atoms with Crippen LogP contribution in [-0.4, -0.2) is 17.7 Å². The van der Waals surface area contributed by atoms with Crippen LogP contribution in [0.1, 0.15) is 15.9 Å². The van der Waals surface area contributed by atoms with Gasteiger partial charge in [0.1, 0.15) is 35.2 Å². The number of carbonyl (C=O) groups excluding carboxylic acids is 1. The molecule has 3 aromatic rings. The van der Waals surface area contributed by atoms with Crippen LogP contribution in [0.2, 0.25) is 0 Å². The van der Waals surface area contributed by atoms with Gasteiger partial charge in [0.05, 0.1) is 7.11 Å². The summed E-state index contributed by atoms with van der Waals surface area (Å²) in [6, 6.07) is 12.9. The molecule has 6 nitrogen and oxygen atoms in total. The number of benzene rings is 2. The highest BCUT2D eigenvalue weighted by molar-refractivity contribution is 6.04. The van der Waals surface area contributed by atoms with Gasteiger partial charge in [-0.05, 0) is 42.0 Å². The fourth-order valence-electron chi connectivity index (χ4n) is 2.45. The first-order chi connectivity index (χ1) is 13.5. The Kier molecular flexibility index (Phi) is 5.69. The number of anilines is 1. The van der Waals surface area contributed by atoms with Gasteiger partial charge in [-0.3, -0.25) is 9.59 Å². The molecule has 1 aromatic heterocycles. The molecule has 8 heteroatoms. The van der Waals surface area contributed by atoms with Gasteiger partial charge in [0.25, 0.3) is 11.5 Å². The number of rotatable bonds is 6. The van der Waals surface area contributed by atoms with Crippen molar-refractivity contribution in [1.82, 2.24) is 4.73 Å². The Bertz CT molecular complexity index is 1050. The smallest absolute Gasteiger partial charge is 0.295 e. The number of hydrogen-bond donors (Lipinski definition) is 1. The van der Waals surface area contributed by atoms with Crippen molar-refractivity contribution in [3.63, 3.8) is 0 Å². The first kappa shape index (κ1) is 19.1. The van der Waals surface area contributed by atoms with Crippen LogP contribution in [0, 0.1) is 11.6 Å². The predicted molar refractivity (Wildman–Crippen MR) is 98.3 cm³/mol. The Morgan fingerprint density at radius 1 is 1.07 bits per heavy atom. The summed E-state index contributed by atoms with van der Waals surface area (Å²) in [7, 11) is 1.53. The molecule has 0 unspecified atom stereocenters. The standard InChI is InChI=1S/C20H16F2N2O4/c1-27-14-6-2-5-13(11-14)12-28-24-10-4-7-15(20(24)26)19(25)23-18-16(21)8-3-9-17(18)22/h2-11H,12H2,1H3,(H,23,25). The zero-order chi connectivity index (χ0) is 20.1. The molecule has 0 saturated heterocycles. The number of aromatic nitrogens is 1. The van der Waals surface area contributed by atoms with Crippen LogP contribution in [-0.2, 0) is 6.61 Å². The van der Waals surface area contributed by atoms with Crippen molar-refractivity contribution in [2.45, 2.75) is 6.61 Å². The molecule has 28 heavy (non-hydrogen) atoms. The van der Waals surface area contributed by atoms with Gasteiger partial charge in [-0.25, -0.2) is 8.78 Å². The molecule has 0 saturated carbocycles. The van der Waals surface area contributed by atoms with Crippen molar-refractivity contribution < 1.29 is 23.1 Å². The van der Waals surface area contributed by atoms with Gasteiger partial charge in [-0.1, -0.05) is 18.2 Å². The van der Waals surface area contributed by atoms with Crippen molar-refractivity contribution in [2.24, 2.45) is 0 Å². The Labute approximate surface area is 158 Å². The lowest BCUT2D eigenvalue weighted by Crippen LogP contribution is -2.32. The van der Waals surface area contributed by atoms with E-state index in [0.717, 1.165) is 22.4 Å². The number of nitrogens with one attached hydrogen (secondary N) is 1. The zero-order valence-electron chi connectivity index (χ0n) is 14.8. The number of nitrogens with zero attached hydrogens (tertiary/aromatic N) is 1. The summed E-state index contributed by atoms with van der Waals surface area (Å²) >= 11 is 0. The van der Waals surface area contributed by atoms with Crippen LogP contribution in [0.15, 0.2) is 65.6 Å². The molecule has 0 bridgehead atoms. The minimum atomic E-state index is -0.951. The van der Waals surface area contributed by atoms with E-state index in [1.165, 1.54) is 31.5 Å². The van der Waals surface area contributed by atoms with E-state index in [1.807, 2.05) is 0 Å². The fraction of sp³-hybridized carbons (Fsp3) is 0.100. The topological polar surface area (TPSA) is 69.6 Å². The maximum absolute atomic E-state index is 13.7. The monoisotopic (exact) mass is 386 g/mol. The molecule has 0 aliphatic rings. The molecule has 0 radical (unpaired) electrons. The van der Waals surface area contributed by atoms with Gasteiger partial charge < -0.3 is 14.9 Å². The number of hydrogen-bond acceptors (Lipinski definition) is 4. The lowest BCUT2D eigenvalue weighted by molar-refractivity contribution is 0.0862. The summed E-state index contributed by atoms with van der Waals surface area (Å²) in [6.07, 6.45) is 1.34. The molecule has 144 valence electrons. The largest absolute Gasteiger partial charge is 0.497 e. The van der Waals surface area contributed by atoms with E-state index in [4.69, 9.17) is 9.57 Å². The van der Waals surface area contributed by atoms with Gasteiger partial charge in [0, 0.05) is 6.20 Å². The Morgan fingerprint density at radius 2 is 1.79 bits per heavy atom. The van der Waals surface area contributed by atoms with E-state index in [-0.39, 0.29) is 12.2 Å². The van der Waals surface area contributed by atoms with Gasteiger partial charge in [-0.15, -0.1) is 0 Å². The lowest BCUT2D eigenvalue weighted by atomic mass is 10.2. The highest BCUT2D eigenvalue weighted by atomic mass is 19.1. The van der Waals surface area contributed by atoms with Crippen molar-refractivity contribution in [2.75, 3.05) is 12.4 Å². The van der Waals surface area contributed by atoms with Crippen LogP contribution in [0.3, 0.4) is 0 Å². The minimum Gasteiger partial charge on any atom is -0.497 e. The van der Waals surface area contributed by atoms with E-state index in [0.29, 0.717) is 5.75 Å². The third-order valence-corrected chi connectivity index (χ3v) is 3.87. The summed E-state index contributed by atoms with van der Waals surface area (Å²) in [5.74, 6) is -2.21. The summed E-state index contributed by atoms with van der Waals surface area (Å²) in [6.45, 7) is 0.0458. The summed E-state index contributed by atoms with van der Waals surface area (Å²) in [5, 5.41) is 2.08. The number of methoxy groups -OCH3 is 1. The highest BCUT2D eigenvalue weighted by Crippen LogP contribution is 2.18. The molecule has 0 spiro atoms. The molecule has 2 aromatic carbocycles. The van der Waals surface area contributed by atoms with Crippen LogP contribution in [0.5, 0.6) is 5.75 Å². The molecule has 1 N–H and O–H groups in total. The average molecular weight is 386 g/mol. The van der Waals surface area contributed by atoms with Crippen molar-refractivity contribution >= 4 is 11.6 Å².